The lowest BCUT2D eigenvalue weighted by Gasteiger charge is -2.26. The SMILES string of the molecule is Cl.NC1CCCC(c2ccccc2)C1. The summed E-state index contributed by atoms with van der Waals surface area (Å²) < 4.78 is 0. The molecular formula is C12H18ClN. The minimum atomic E-state index is 0. The summed E-state index contributed by atoms with van der Waals surface area (Å²) in [6, 6.07) is 11.2. The van der Waals surface area contributed by atoms with Crippen LogP contribution in [0.5, 0.6) is 0 Å². The molecule has 1 aromatic carbocycles. The van der Waals surface area contributed by atoms with Crippen LogP contribution < -0.4 is 5.73 Å². The second-order valence-corrected chi connectivity index (χ2v) is 4.03. The van der Waals surface area contributed by atoms with Gasteiger partial charge in [0.2, 0.25) is 0 Å². The Balaban J connectivity index is 0.000000980. The van der Waals surface area contributed by atoms with Crippen LogP contribution in [0.3, 0.4) is 0 Å². The van der Waals surface area contributed by atoms with Crippen molar-refractivity contribution in [2.45, 2.75) is 37.6 Å². The maximum atomic E-state index is 5.96. The van der Waals surface area contributed by atoms with E-state index in [0.29, 0.717) is 12.0 Å². The molecule has 2 unspecified atom stereocenters. The van der Waals surface area contributed by atoms with Crippen molar-refractivity contribution in [3.8, 4) is 0 Å². The summed E-state index contributed by atoms with van der Waals surface area (Å²) in [6.45, 7) is 0. The fourth-order valence-corrected chi connectivity index (χ4v) is 2.26. The number of halogens is 1. The largest absolute Gasteiger partial charge is 0.328 e. The Morgan fingerprint density at radius 1 is 1.07 bits per heavy atom. The maximum absolute atomic E-state index is 5.96. The van der Waals surface area contributed by atoms with Crippen molar-refractivity contribution < 1.29 is 0 Å². The van der Waals surface area contributed by atoms with E-state index in [9.17, 15) is 0 Å². The average molecular weight is 212 g/mol. The highest BCUT2D eigenvalue weighted by atomic mass is 35.5. The molecule has 0 bridgehead atoms. The minimum Gasteiger partial charge on any atom is -0.328 e. The van der Waals surface area contributed by atoms with Gasteiger partial charge in [0.1, 0.15) is 0 Å². The van der Waals surface area contributed by atoms with Crippen LogP contribution in [-0.2, 0) is 0 Å². The van der Waals surface area contributed by atoms with Gasteiger partial charge in [-0.2, -0.15) is 0 Å². The summed E-state index contributed by atoms with van der Waals surface area (Å²) in [7, 11) is 0. The fraction of sp³-hybridized carbons (Fsp3) is 0.500. The van der Waals surface area contributed by atoms with Gasteiger partial charge in [0.15, 0.2) is 0 Å². The molecule has 1 nitrogen and oxygen atoms in total. The number of hydrogen-bond acceptors (Lipinski definition) is 1. The lowest BCUT2D eigenvalue weighted by atomic mass is 9.82. The summed E-state index contributed by atoms with van der Waals surface area (Å²) in [6.07, 6.45) is 4.99. The average Bonchev–Trinajstić information content (AvgIpc) is 2.19. The third-order valence-electron chi connectivity index (χ3n) is 2.99. The molecule has 0 heterocycles. The molecule has 2 rings (SSSR count). The molecule has 78 valence electrons. The van der Waals surface area contributed by atoms with Gasteiger partial charge in [-0.15, -0.1) is 12.4 Å². The second kappa shape index (κ2) is 5.38. The number of rotatable bonds is 1. The summed E-state index contributed by atoms with van der Waals surface area (Å²) in [4.78, 5) is 0. The Labute approximate surface area is 92.1 Å². The lowest BCUT2D eigenvalue weighted by molar-refractivity contribution is 0.393. The van der Waals surface area contributed by atoms with Gasteiger partial charge >= 0.3 is 0 Å². The van der Waals surface area contributed by atoms with Gasteiger partial charge in [-0.1, -0.05) is 36.8 Å². The first kappa shape index (κ1) is 11.5. The van der Waals surface area contributed by atoms with Crippen molar-refractivity contribution in [2.75, 3.05) is 0 Å². The van der Waals surface area contributed by atoms with E-state index in [1.165, 1.54) is 31.2 Å². The first-order valence-corrected chi connectivity index (χ1v) is 5.17. The van der Waals surface area contributed by atoms with E-state index in [-0.39, 0.29) is 12.4 Å². The molecule has 1 aromatic rings. The molecule has 0 spiro atoms. The van der Waals surface area contributed by atoms with E-state index < -0.39 is 0 Å². The Hall–Kier alpha value is -0.530. The minimum absolute atomic E-state index is 0. The van der Waals surface area contributed by atoms with E-state index in [1.54, 1.807) is 0 Å². The van der Waals surface area contributed by atoms with Gasteiger partial charge in [-0.05, 0) is 30.7 Å². The zero-order chi connectivity index (χ0) is 9.10. The molecule has 1 fully saturated rings. The monoisotopic (exact) mass is 211 g/mol. The van der Waals surface area contributed by atoms with E-state index in [1.807, 2.05) is 0 Å². The maximum Gasteiger partial charge on any atom is 0.00446 e. The van der Waals surface area contributed by atoms with E-state index in [2.05, 4.69) is 30.3 Å². The van der Waals surface area contributed by atoms with Crippen molar-refractivity contribution in [1.82, 2.24) is 0 Å². The fourth-order valence-electron chi connectivity index (χ4n) is 2.26. The van der Waals surface area contributed by atoms with Crippen LogP contribution in [0.15, 0.2) is 30.3 Å². The molecular weight excluding hydrogens is 194 g/mol. The molecule has 0 aliphatic heterocycles. The lowest BCUT2D eigenvalue weighted by Crippen LogP contribution is -2.26. The predicted molar refractivity (Wildman–Crippen MR) is 62.9 cm³/mol. The first-order chi connectivity index (χ1) is 6.36. The number of hydrogen-bond donors (Lipinski definition) is 1. The number of nitrogens with two attached hydrogens (primary N) is 1. The smallest absolute Gasteiger partial charge is 0.00446 e. The summed E-state index contributed by atoms with van der Waals surface area (Å²) in [5.41, 5.74) is 7.43. The van der Waals surface area contributed by atoms with Crippen LogP contribution in [0.2, 0.25) is 0 Å². The number of benzene rings is 1. The van der Waals surface area contributed by atoms with Crippen molar-refractivity contribution in [3.05, 3.63) is 35.9 Å². The highest BCUT2D eigenvalue weighted by Crippen LogP contribution is 2.31. The van der Waals surface area contributed by atoms with Crippen molar-refractivity contribution in [3.63, 3.8) is 0 Å². The van der Waals surface area contributed by atoms with Crippen molar-refractivity contribution in [2.24, 2.45) is 5.73 Å². The Morgan fingerprint density at radius 3 is 2.43 bits per heavy atom. The van der Waals surface area contributed by atoms with Crippen LogP contribution in [0.25, 0.3) is 0 Å². The molecule has 2 heteroatoms. The molecule has 2 N–H and O–H groups in total. The van der Waals surface area contributed by atoms with Gasteiger partial charge in [0.05, 0.1) is 0 Å². The third kappa shape index (κ3) is 2.73. The van der Waals surface area contributed by atoms with Crippen LogP contribution in [-0.4, -0.2) is 6.04 Å². The summed E-state index contributed by atoms with van der Waals surface area (Å²) in [5.74, 6) is 0.713. The molecule has 0 aromatic heterocycles. The highest BCUT2D eigenvalue weighted by molar-refractivity contribution is 5.85. The Morgan fingerprint density at radius 2 is 1.79 bits per heavy atom. The first-order valence-electron chi connectivity index (χ1n) is 5.17. The van der Waals surface area contributed by atoms with Gasteiger partial charge in [-0.3, -0.25) is 0 Å². The van der Waals surface area contributed by atoms with E-state index in [4.69, 9.17) is 5.73 Å². The van der Waals surface area contributed by atoms with Crippen LogP contribution in [0.4, 0.5) is 0 Å². The molecule has 2 atom stereocenters. The van der Waals surface area contributed by atoms with Crippen LogP contribution in [0, 0.1) is 0 Å². The molecule has 14 heavy (non-hydrogen) atoms. The molecule has 0 saturated heterocycles. The molecule has 1 aliphatic carbocycles. The van der Waals surface area contributed by atoms with Gasteiger partial charge in [0, 0.05) is 6.04 Å². The van der Waals surface area contributed by atoms with Gasteiger partial charge in [0.25, 0.3) is 0 Å². The zero-order valence-corrected chi connectivity index (χ0v) is 9.17. The molecule has 0 amide bonds. The van der Waals surface area contributed by atoms with Crippen molar-refractivity contribution in [1.29, 1.82) is 0 Å². The predicted octanol–water partition coefficient (Wildman–Crippen LogP) is 3.09. The normalized spacial score (nSPS) is 26.6. The van der Waals surface area contributed by atoms with Gasteiger partial charge in [-0.25, -0.2) is 0 Å². The molecule has 1 aliphatic rings. The molecule has 0 radical (unpaired) electrons. The third-order valence-corrected chi connectivity index (χ3v) is 2.99. The van der Waals surface area contributed by atoms with E-state index >= 15 is 0 Å². The van der Waals surface area contributed by atoms with Gasteiger partial charge < -0.3 is 5.73 Å². The van der Waals surface area contributed by atoms with E-state index in [0.717, 1.165) is 0 Å². The molecule has 1 saturated carbocycles. The topological polar surface area (TPSA) is 26.0 Å². The van der Waals surface area contributed by atoms with Crippen LogP contribution in [0.1, 0.15) is 37.2 Å². The van der Waals surface area contributed by atoms with Crippen molar-refractivity contribution >= 4 is 12.4 Å². The standard InChI is InChI=1S/C12H17N.ClH/c13-12-8-4-7-11(9-12)10-5-2-1-3-6-10;/h1-3,5-6,11-12H,4,7-9,13H2;1H. The Kier molecular flexibility index (Phi) is 4.43. The zero-order valence-electron chi connectivity index (χ0n) is 8.36. The quantitative estimate of drug-likeness (QED) is 0.759. The van der Waals surface area contributed by atoms with Crippen LogP contribution >= 0.6 is 12.4 Å². The Bertz CT molecular complexity index is 260. The second-order valence-electron chi connectivity index (χ2n) is 4.03. The summed E-state index contributed by atoms with van der Waals surface area (Å²) in [5, 5.41) is 0. The summed E-state index contributed by atoms with van der Waals surface area (Å²) >= 11 is 0. The highest BCUT2D eigenvalue weighted by Gasteiger charge is 2.19.